The van der Waals surface area contributed by atoms with E-state index in [-0.39, 0.29) is 5.78 Å². The summed E-state index contributed by atoms with van der Waals surface area (Å²) >= 11 is 0. The Kier molecular flexibility index (Phi) is 2.33. The summed E-state index contributed by atoms with van der Waals surface area (Å²) in [6.45, 7) is 3.58. The Balaban J connectivity index is 2.86. The topological polar surface area (TPSA) is 56.2 Å². The molecule has 3 nitrogen and oxygen atoms in total. The first-order valence-corrected chi connectivity index (χ1v) is 3.95. The molecule has 3 heteroatoms. The predicted octanol–water partition coefficient (Wildman–Crippen LogP) is 1.59. The smallest absolute Gasteiger partial charge is 0.217 e. The van der Waals surface area contributed by atoms with Crippen molar-refractivity contribution in [1.29, 1.82) is 0 Å². The lowest BCUT2D eigenvalue weighted by Gasteiger charge is -2.18. The first kappa shape index (κ1) is 9.00. The maximum atomic E-state index is 11.5. The fourth-order valence-corrected chi connectivity index (χ4v) is 0.850. The summed E-state index contributed by atoms with van der Waals surface area (Å²) in [6.07, 6.45) is 2.07. The van der Waals surface area contributed by atoms with E-state index in [2.05, 4.69) is 0 Å². The molecule has 1 aromatic rings. The molecule has 0 amide bonds. The lowest BCUT2D eigenvalue weighted by Crippen LogP contribution is -2.43. The molecular formula is C9H13NO2. The molecule has 0 saturated carbocycles. The molecule has 0 aliphatic rings. The molecule has 1 aromatic heterocycles. The minimum atomic E-state index is -0.808. The fourth-order valence-electron chi connectivity index (χ4n) is 0.850. The number of carbonyl (C=O) groups is 1. The van der Waals surface area contributed by atoms with Crippen molar-refractivity contribution in [3.63, 3.8) is 0 Å². The molecule has 0 bridgehead atoms. The lowest BCUT2D eigenvalue weighted by atomic mass is 9.93. The molecule has 2 N–H and O–H groups in total. The maximum Gasteiger partial charge on any atom is 0.217 e. The molecule has 0 radical (unpaired) electrons. The number of nitrogens with two attached hydrogens (primary N) is 1. The Hall–Kier alpha value is -1.09. The third kappa shape index (κ3) is 1.56. The second-order valence-electron chi connectivity index (χ2n) is 3.08. The second kappa shape index (κ2) is 3.11. The molecule has 1 atom stereocenters. The largest absolute Gasteiger partial charge is 0.461 e. The van der Waals surface area contributed by atoms with Gasteiger partial charge in [0.25, 0.3) is 0 Å². The van der Waals surface area contributed by atoms with Gasteiger partial charge in [-0.1, -0.05) is 6.92 Å². The third-order valence-electron chi connectivity index (χ3n) is 2.00. The van der Waals surface area contributed by atoms with Crippen LogP contribution in [0.4, 0.5) is 0 Å². The monoisotopic (exact) mass is 167 g/mol. The molecular weight excluding hydrogens is 154 g/mol. The van der Waals surface area contributed by atoms with E-state index in [4.69, 9.17) is 10.2 Å². The van der Waals surface area contributed by atoms with Gasteiger partial charge < -0.3 is 10.2 Å². The van der Waals surface area contributed by atoms with Crippen LogP contribution in [-0.2, 0) is 0 Å². The minimum absolute atomic E-state index is 0.144. The van der Waals surface area contributed by atoms with Crippen molar-refractivity contribution < 1.29 is 9.21 Å². The van der Waals surface area contributed by atoms with Crippen LogP contribution in [0.25, 0.3) is 0 Å². The highest BCUT2D eigenvalue weighted by Crippen LogP contribution is 2.14. The van der Waals surface area contributed by atoms with Crippen molar-refractivity contribution in [2.24, 2.45) is 5.73 Å². The highest BCUT2D eigenvalue weighted by atomic mass is 16.3. The number of ketones is 1. The highest BCUT2D eigenvalue weighted by Gasteiger charge is 2.28. The molecule has 1 rings (SSSR count). The molecule has 0 aromatic carbocycles. The van der Waals surface area contributed by atoms with Crippen molar-refractivity contribution in [1.82, 2.24) is 0 Å². The van der Waals surface area contributed by atoms with E-state index in [0.717, 1.165) is 0 Å². The van der Waals surface area contributed by atoms with Gasteiger partial charge in [0.1, 0.15) is 0 Å². The summed E-state index contributed by atoms with van der Waals surface area (Å²) in [5.41, 5.74) is 4.93. The first-order valence-electron chi connectivity index (χ1n) is 3.95. The van der Waals surface area contributed by atoms with Crippen LogP contribution in [0.2, 0.25) is 0 Å². The average molecular weight is 167 g/mol. The number of Topliss-reactive ketones (excluding diaryl/α,β-unsaturated/α-hetero) is 1. The van der Waals surface area contributed by atoms with Crippen molar-refractivity contribution in [3.8, 4) is 0 Å². The molecule has 1 unspecified atom stereocenters. The number of hydrogen-bond acceptors (Lipinski definition) is 3. The average Bonchev–Trinajstić information content (AvgIpc) is 2.55. The Morgan fingerprint density at radius 3 is 2.83 bits per heavy atom. The SMILES string of the molecule is CCC(C)(N)C(=O)c1ccco1. The predicted molar refractivity (Wildman–Crippen MR) is 45.9 cm³/mol. The molecule has 12 heavy (non-hydrogen) atoms. The summed E-state index contributed by atoms with van der Waals surface area (Å²) in [4.78, 5) is 11.5. The first-order chi connectivity index (χ1) is 5.58. The quantitative estimate of drug-likeness (QED) is 0.695. The number of rotatable bonds is 3. The molecule has 1 heterocycles. The third-order valence-corrected chi connectivity index (χ3v) is 2.00. The minimum Gasteiger partial charge on any atom is -0.461 e. The highest BCUT2D eigenvalue weighted by molar-refractivity contribution is 6.00. The van der Waals surface area contributed by atoms with Crippen LogP contribution in [0.15, 0.2) is 22.8 Å². The van der Waals surface area contributed by atoms with Crippen LogP contribution in [0.3, 0.4) is 0 Å². The van der Waals surface area contributed by atoms with Gasteiger partial charge >= 0.3 is 0 Å². The van der Waals surface area contributed by atoms with Gasteiger partial charge in [0.2, 0.25) is 5.78 Å². The second-order valence-corrected chi connectivity index (χ2v) is 3.08. The molecule has 0 saturated heterocycles. The Morgan fingerprint density at radius 2 is 2.42 bits per heavy atom. The zero-order chi connectivity index (χ0) is 9.19. The van der Waals surface area contributed by atoms with E-state index in [1.165, 1.54) is 6.26 Å². The van der Waals surface area contributed by atoms with E-state index in [9.17, 15) is 4.79 Å². The summed E-state index contributed by atoms with van der Waals surface area (Å²) in [5, 5.41) is 0. The van der Waals surface area contributed by atoms with Crippen molar-refractivity contribution in [2.75, 3.05) is 0 Å². The number of furan rings is 1. The van der Waals surface area contributed by atoms with Crippen LogP contribution in [0.5, 0.6) is 0 Å². The Labute approximate surface area is 71.6 Å². The van der Waals surface area contributed by atoms with Crippen LogP contribution in [-0.4, -0.2) is 11.3 Å². The Morgan fingerprint density at radius 1 is 1.75 bits per heavy atom. The zero-order valence-corrected chi connectivity index (χ0v) is 7.33. The standard InChI is InChI=1S/C9H13NO2/c1-3-9(2,10)8(11)7-5-4-6-12-7/h4-6H,3,10H2,1-2H3. The summed E-state index contributed by atoms with van der Waals surface area (Å²) in [5.74, 6) is 0.192. The number of carbonyl (C=O) groups excluding carboxylic acids is 1. The molecule has 0 spiro atoms. The molecule has 66 valence electrons. The van der Waals surface area contributed by atoms with E-state index < -0.39 is 5.54 Å². The van der Waals surface area contributed by atoms with E-state index in [1.807, 2.05) is 6.92 Å². The van der Waals surface area contributed by atoms with Gasteiger partial charge in [-0.15, -0.1) is 0 Å². The van der Waals surface area contributed by atoms with E-state index >= 15 is 0 Å². The summed E-state index contributed by atoms with van der Waals surface area (Å²) in [6, 6.07) is 3.31. The van der Waals surface area contributed by atoms with Crippen LogP contribution >= 0.6 is 0 Å². The van der Waals surface area contributed by atoms with E-state index in [1.54, 1.807) is 19.1 Å². The van der Waals surface area contributed by atoms with Gasteiger partial charge in [0.15, 0.2) is 5.76 Å². The fraction of sp³-hybridized carbons (Fsp3) is 0.444. The van der Waals surface area contributed by atoms with Gasteiger partial charge in [-0.2, -0.15) is 0 Å². The molecule has 0 aliphatic carbocycles. The van der Waals surface area contributed by atoms with E-state index in [0.29, 0.717) is 12.2 Å². The lowest BCUT2D eigenvalue weighted by molar-refractivity contribution is 0.0869. The van der Waals surface area contributed by atoms with Crippen molar-refractivity contribution in [2.45, 2.75) is 25.8 Å². The van der Waals surface area contributed by atoms with Crippen LogP contribution < -0.4 is 5.73 Å². The number of hydrogen-bond donors (Lipinski definition) is 1. The van der Waals surface area contributed by atoms with Gasteiger partial charge in [0, 0.05) is 0 Å². The van der Waals surface area contributed by atoms with Gasteiger partial charge in [-0.3, -0.25) is 4.79 Å². The summed E-state index contributed by atoms with van der Waals surface area (Å²) < 4.78 is 4.95. The van der Waals surface area contributed by atoms with Crippen molar-refractivity contribution >= 4 is 5.78 Å². The maximum absolute atomic E-state index is 11.5. The summed E-state index contributed by atoms with van der Waals surface area (Å²) in [7, 11) is 0. The van der Waals surface area contributed by atoms with Crippen LogP contribution in [0, 0.1) is 0 Å². The molecule has 0 fully saturated rings. The molecule has 0 aliphatic heterocycles. The van der Waals surface area contributed by atoms with Gasteiger partial charge in [-0.05, 0) is 25.5 Å². The normalized spacial score (nSPS) is 15.6. The van der Waals surface area contributed by atoms with Crippen LogP contribution in [0.1, 0.15) is 30.8 Å². The Bertz CT molecular complexity index is 262. The van der Waals surface area contributed by atoms with Crippen molar-refractivity contribution in [3.05, 3.63) is 24.2 Å². The van der Waals surface area contributed by atoms with Gasteiger partial charge in [-0.25, -0.2) is 0 Å². The zero-order valence-electron chi connectivity index (χ0n) is 7.33. The van der Waals surface area contributed by atoms with Gasteiger partial charge in [0.05, 0.1) is 11.8 Å².